The molecule has 1 atom stereocenters. The number of hydrogen-bond acceptors (Lipinski definition) is 5. The van der Waals surface area contributed by atoms with Crippen LogP contribution in [0.3, 0.4) is 0 Å². The van der Waals surface area contributed by atoms with E-state index < -0.39 is 29.9 Å². The van der Waals surface area contributed by atoms with Crippen LogP contribution in [0.1, 0.15) is 12.5 Å². The van der Waals surface area contributed by atoms with E-state index in [2.05, 4.69) is 10.6 Å². The Morgan fingerprint density at radius 2 is 1.69 bits per heavy atom. The first kappa shape index (κ1) is 20.5. The molecule has 1 saturated heterocycles. The molecule has 2 N–H and O–H groups in total. The van der Waals surface area contributed by atoms with E-state index in [1.54, 1.807) is 49.4 Å². The summed E-state index contributed by atoms with van der Waals surface area (Å²) in [4.78, 5) is 38.6. The first-order valence-electron chi connectivity index (χ1n) is 8.70. The Kier molecular flexibility index (Phi) is 5.65. The lowest BCUT2D eigenvalue weighted by Gasteiger charge is -2.22. The van der Waals surface area contributed by atoms with Gasteiger partial charge in [-0.1, -0.05) is 23.7 Å². The van der Waals surface area contributed by atoms with Crippen LogP contribution in [0.15, 0.2) is 42.5 Å². The van der Waals surface area contributed by atoms with Crippen LogP contribution in [0.5, 0.6) is 11.5 Å². The van der Waals surface area contributed by atoms with Crippen LogP contribution in [-0.4, -0.2) is 43.5 Å². The van der Waals surface area contributed by atoms with Crippen LogP contribution in [0.2, 0.25) is 5.02 Å². The molecule has 2 aromatic carbocycles. The van der Waals surface area contributed by atoms with Gasteiger partial charge in [-0.15, -0.1) is 0 Å². The van der Waals surface area contributed by atoms with Gasteiger partial charge in [-0.25, -0.2) is 4.79 Å². The highest BCUT2D eigenvalue weighted by Crippen LogP contribution is 2.30. The maximum Gasteiger partial charge on any atom is 0.325 e. The van der Waals surface area contributed by atoms with E-state index in [1.807, 2.05) is 0 Å². The summed E-state index contributed by atoms with van der Waals surface area (Å²) in [5.41, 5.74) is -0.291. The summed E-state index contributed by atoms with van der Waals surface area (Å²) in [7, 11) is 2.98. The highest BCUT2D eigenvalue weighted by atomic mass is 35.5. The van der Waals surface area contributed by atoms with Crippen molar-refractivity contribution in [1.82, 2.24) is 10.2 Å². The van der Waals surface area contributed by atoms with Gasteiger partial charge < -0.3 is 20.1 Å². The van der Waals surface area contributed by atoms with Crippen molar-refractivity contribution < 1.29 is 23.9 Å². The van der Waals surface area contributed by atoms with Gasteiger partial charge in [0.1, 0.15) is 23.6 Å². The molecule has 0 unspecified atom stereocenters. The average Bonchev–Trinajstić information content (AvgIpc) is 2.91. The van der Waals surface area contributed by atoms with E-state index in [9.17, 15) is 14.4 Å². The van der Waals surface area contributed by atoms with E-state index in [0.717, 1.165) is 4.90 Å². The van der Waals surface area contributed by atoms with Crippen LogP contribution in [0.4, 0.5) is 10.5 Å². The Bertz CT molecular complexity index is 941. The smallest absolute Gasteiger partial charge is 0.325 e. The molecule has 1 aliphatic rings. The number of anilines is 1. The van der Waals surface area contributed by atoms with E-state index >= 15 is 0 Å². The molecule has 0 radical (unpaired) electrons. The first-order chi connectivity index (χ1) is 13.8. The fraction of sp³-hybridized carbons (Fsp3) is 0.250. The molecule has 0 bridgehead atoms. The molecule has 3 rings (SSSR count). The number of rotatable bonds is 6. The molecule has 152 valence electrons. The van der Waals surface area contributed by atoms with Crippen LogP contribution < -0.4 is 20.1 Å². The third kappa shape index (κ3) is 4.12. The van der Waals surface area contributed by atoms with Gasteiger partial charge in [0.25, 0.3) is 5.91 Å². The van der Waals surface area contributed by atoms with Crippen LogP contribution in [-0.2, 0) is 15.1 Å². The van der Waals surface area contributed by atoms with Crippen molar-refractivity contribution in [3.63, 3.8) is 0 Å². The molecule has 9 heteroatoms. The number of urea groups is 1. The van der Waals surface area contributed by atoms with Gasteiger partial charge in [0.05, 0.1) is 14.2 Å². The third-order valence-corrected chi connectivity index (χ3v) is 4.89. The summed E-state index contributed by atoms with van der Waals surface area (Å²) in [5, 5.41) is 5.80. The molecular formula is C20H20ClN3O5. The van der Waals surface area contributed by atoms with Crippen LogP contribution in [0, 0.1) is 0 Å². The maximum atomic E-state index is 12.9. The molecule has 0 aromatic heterocycles. The van der Waals surface area contributed by atoms with Gasteiger partial charge in [-0.05, 0) is 24.6 Å². The molecular weight excluding hydrogens is 398 g/mol. The predicted octanol–water partition coefficient (Wildman–Crippen LogP) is 2.76. The molecule has 1 fully saturated rings. The van der Waals surface area contributed by atoms with Gasteiger partial charge in [0.15, 0.2) is 0 Å². The second kappa shape index (κ2) is 8.00. The SMILES string of the molecule is COc1cc(NC(=O)CN2C(=O)N[C@](C)(c3ccc(Cl)cc3)C2=O)cc(OC)c1. The molecule has 4 amide bonds. The van der Waals surface area contributed by atoms with E-state index in [4.69, 9.17) is 21.1 Å². The molecule has 0 aliphatic carbocycles. The van der Waals surface area contributed by atoms with Crippen molar-refractivity contribution in [2.24, 2.45) is 0 Å². The Balaban J connectivity index is 1.75. The van der Waals surface area contributed by atoms with Gasteiger partial charge in [-0.3, -0.25) is 14.5 Å². The number of imide groups is 1. The van der Waals surface area contributed by atoms with Gasteiger partial charge in [0, 0.05) is 28.9 Å². The lowest BCUT2D eigenvalue weighted by atomic mass is 9.92. The minimum Gasteiger partial charge on any atom is -0.497 e. The molecule has 29 heavy (non-hydrogen) atoms. The zero-order valence-electron chi connectivity index (χ0n) is 16.1. The number of nitrogens with one attached hydrogen (secondary N) is 2. The summed E-state index contributed by atoms with van der Waals surface area (Å²) in [6.07, 6.45) is 0. The van der Waals surface area contributed by atoms with E-state index in [1.165, 1.54) is 14.2 Å². The summed E-state index contributed by atoms with van der Waals surface area (Å²) in [6.45, 7) is 1.15. The molecule has 1 heterocycles. The zero-order chi connectivity index (χ0) is 21.2. The number of benzene rings is 2. The number of amides is 4. The number of hydrogen-bond donors (Lipinski definition) is 2. The zero-order valence-corrected chi connectivity index (χ0v) is 16.9. The second-order valence-electron chi connectivity index (χ2n) is 6.60. The minimum atomic E-state index is -1.28. The van der Waals surface area contributed by atoms with Gasteiger partial charge in [-0.2, -0.15) is 0 Å². The lowest BCUT2D eigenvalue weighted by Crippen LogP contribution is -2.42. The van der Waals surface area contributed by atoms with Gasteiger partial charge in [0.2, 0.25) is 5.91 Å². The average molecular weight is 418 g/mol. The maximum absolute atomic E-state index is 12.9. The van der Waals surface area contributed by atoms with E-state index in [0.29, 0.717) is 27.8 Å². The molecule has 0 spiro atoms. The third-order valence-electron chi connectivity index (χ3n) is 4.63. The first-order valence-corrected chi connectivity index (χ1v) is 9.07. The van der Waals surface area contributed by atoms with Crippen molar-refractivity contribution in [2.75, 3.05) is 26.1 Å². The number of carbonyl (C=O) groups excluding carboxylic acids is 3. The van der Waals surface area contributed by atoms with E-state index in [-0.39, 0.29) is 0 Å². The topological polar surface area (TPSA) is 97.0 Å². The lowest BCUT2D eigenvalue weighted by molar-refractivity contribution is -0.133. The minimum absolute atomic E-state index is 0.415. The standard InChI is InChI=1S/C20H20ClN3O5/c1-20(12-4-6-13(21)7-5-12)18(26)24(19(27)23-20)11-17(25)22-14-8-15(28-2)10-16(9-14)29-3/h4-10H,11H2,1-3H3,(H,22,25)(H,23,27)/t20-/m1/s1. The van der Waals surface area contributed by atoms with Crippen molar-refractivity contribution >= 4 is 35.1 Å². The van der Waals surface area contributed by atoms with Crippen molar-refractivity contribution in [3.8, 4) is 11.5 Å². The fourth-order valence-electron chi connectivity index (χ4n) is 3.04. The number of carbonyl (C=O) groups is 3. The highest BCUT2D eigenvalue weighted by Gasteiger charge is 2.49. The Hall–Kier alpha value is -3.26. The normalized spacial score (nSPS) is 18.4. The van der Waals surface area contributed by atoms with Crippen molar-refractivity contribution in [1.29, 1.82) is 0 Å². The van der Waals surface area contributed by atoms with Crippen LogP contribution in [0.25, 0.3) is 0 Å². The largest absolute Gasteiger partial charge is 0.497 e. The molecule has 8 nitrogen and oxygen atoms in total. The summed E-state index contributed by atoms with van der Waals surface area (Å²) in [6, 6.07) is 10.8. The summed E-state index contributed by atoms with van der Waals surface area (Å²) < 4.78 is 10.3. The Labute approximate surface area is 172 Å². The number of nitrogens with zero attached hydrogens (tertiary/aromatic N) is 1. The number of ether oxygens (including phenoxy) is 2. The Morgan fingerprint density at radius 1 is 1.10 bits per heavy atom. The molecule has 0 saturated carbocycles. The number of methoxy groups -OCH3 is 2. The monoisotopic (exact) mass is 417 g/mol. The molecule has 1 aliphatic heterocycles. The van der Waals surface area contributed by atoms with Crippen molar-refractivity contribution in [2.45, 2.75) is 12.5 Å². The van der Waals surface area contributed by atoms with Crippen LogP contribution >= 0.6 is 11.6 Å². The quantitative estimate of drug-likeness (QED) is 0.704. The van der Waals surface area contributed by atoms with Gasteiger partial charge >= 0.3 is 6.03 Å². The predicted molar refractivity (Wildman–Crippen MR) is 107 cm³/mol. The fourth-order valence-corrected chi connectivity index (χ4v) is 3.17. The summed E-state index contributed by atoms with van der Waals surface area (Å²) >= 11 is 5.89. The highest BCUT2D eigenvalue weighted by molar-refractivity contribution is 6.30. The Morgan fingerprint density at radius 3 is 2.24 bits per heavy atom. The summed E-state index contributed by atoms with van der Waals surface area (Å²) in [5.74, 6) is -0.0812. The number of halogens is 1. The second-order valence-corrected chi connectivity index (χ2v) is 7.04. The van der Waals surface area contributed by atoms with Crippen molar-refractivity contribution in [3.05, 3.63) is 53.1 Å². The molecule has 2 aromatic rings.